The highest BCUT2D eigenvalue weighted by atomic mass is 79.9. The summed E-state index contributed by atoms with van der Waals surface area (Å²) in [5, 5.41) is 2.89. The SMILES string of the molecule is C[C@H](C(=O)N1CCc2ccccc21)[NH+](C)CC(=O)Nc1ccccc1Br. The molecule has 2 amide bonds. The molecule has 1 aliphatic heterocycles. The first-order valence-corrected chi connectivity index (χ1v) is 9.52. The van der Waals surface area contributed by atoms with Crippen LogP contribution in [-0.4, -0.2) is 38.0 Å². The van der Waals surface area contributed by atoms with Gasteiger partial charge in [-0.1, -0.05) is 30.3 Å². The summed E-state index contributed by atoms with van der Waals surface area (Å²) in [5.41, 5.74) is 2.94. The number of amides is 2. The first-order chi connectivity index (χ1) is 12.5. The fraction of sp³-hybridized carbons (Fsp3) is 0.300. The molecule has 1 aliphatic rings. The maximum absolute atomic E-state index is 12.9. The van der Waals surface area contributed by atoms with Gasteiger partial charge in [-0.2, -0.15) is 0 Å². The van der Waals surface area contributed by atoms with Gasteiger partial charge in [0.25, 0.3) is 11.8 Å². The van der Waals surface area contributed by atoms with Gasteiger partial charge in [-0.05, 0) is 53.0 Å². The van der Waals surface area contributed by atoms with Crippen LogP contribution < -0.4 is 15.1 Å². The monoisotopic (exact) mass is 416 g/mol. The van der Waals surface area contributed by atoms with E-state index in [-0.39, 0.29) is 24.4 Å². The number of fused-ring (bicyclic) bond motifs is 1. The number of hydrogen-bond donors (Lipinski definition) is 2. The van der Waals surface area contributed by atoms with Crippen molar-refractivity contribution in [1.82, 2.24) is 0 Å². The van der Waals surface area contributed by atoms with Crippen LogP contribution in [0.1, 0.15) is 12.5 Å². The molecule has 2 aromatic carbocycles. The summed E-state index contributed by atoms with van der Waals surface area (Å²) >= 11 is 3.42. The van der Waals surface area contributed by atoms with Gasteiger partial charge in [-0.15, -0.1) is 0 Å². The molecule has 0 spiro atoms. The van der Waals surface area contributed by atoms with Crippen LogP contribution in [0, 0.1) is 0 Å². The quantitative estimate of drug-likeness (QED) is 0.781. The Kier molecular flexibility index (Phi) is 5.74. The number of anilines is 2. The number of halogens is 1. The van der Waals surface area contributed by atoms with E-state index in [9.17, 15) is 9.59 Å². The topological polar surface area (TPSA) is 53.9 Å². The molecule has 3 rings (SSSR count). The minimum atomic E-state index is -0.300. The van der Waals surface area contributed by atoms with Crippen molar-refractivity contribution >= 4 is 39.1 Å². The Balaban J connectivity index is 1.61. The van der Waals surface area contributed by atoms with Gasteiger partial charge >= 0.3 is 0 Å². The third kappa shape index (κ3) is 3.97. The lowest BCUT2D eigenvalue weighted by atomic mass is 10.2. The van der Waals surface area contributed by atoms with Crippen molar-refractivity contribution in [2.75, 3.05) is 30.4 Å². The molecule has 2 N–H and O–H groups in total. The number of carbonyl (C=O) groups excluding carboxylic acids is 2. The average Bonchev–Trinajstić information content (AvgIpc) is 3.06. The summed E-state index contributed by atoms with van der Waals surface area (Å²) in [6, 6.07) is 15.2. The second kappa shape index (κ2) is 8.01. The third-order valence-corrected chi connectivity index (χ3v) is 5.54. The molecule has 2 aromatic rings. The van der Waals surface area contributed by atoms with Gasteiger partial charge in [0.1, 0.15) is 0 Å². The van der Waals surface area contributed by atoms with E-state index in [0.29, 0.717) is 6.54 Å². The van der Waals surface area contributed by atoms with Crippen LogP contribution in [0.2, 0.25) is 0 Å². The van der Waals surface area contributed by atoms with E-state index >= 15 is 0 Å². The molecule has 0 bridgehead atoms. The molecule has 0 saturated heterocycles. The summed E-state index contributed by atoms with van der Waals surface area (Å²) in [4.78, 5) is 28.0. The van der Waals surface area contributed by atoms with E-state index < -0.39 is 0 Å². The van der Waals surface area contributed by atoms with Gasteiger partial charge in [0, 0.05) is 16.7 Å². The van der Waals surface area contributed by atoms with Crippen LogP contribution in [0.25, 0.3) is 0 Å². The highest BCUT2D eigenvalue weighted by molar-refractivity contribution is 9.10. The number of nitrogens with one attached hydrogen (secondary N) is 2. The molecule has 26 heavy (non-hydrogen) atoms. The molecule has 0 aliphatic carbocycles. The highest BCUT2D eigenvalue weighted by Gasteiger charge is 2.32. The van der Waals surface area contributed by atoms with Crippen molar-refractivity contribution in [1.29, 1.82) is 0 Å². The Morgan fingerprint density at radius 3 is 2.65 bits per heavy atom. The number of carbonyl (C=O) groups is 2. The van der Waals surface area contributed by atoms with Crippen LogP contribution in [0.4, 0.5) is 11.4 Å². The fourth-order valence-electron chi connectivity index (χ4n) is 3.18. The Labute approximate surface area is 162 Å². The van der Waals surface area contributed by atoms with E-state index in [1.54, 1.807) is 0 Å². The summed E-state index contributed by atoms with van der Waals surface area (Å²) in [6.07, 6.45) is 0.885. The van der Waals surface area contributed by atoms with Crippen LogP contribution in [-0.2, 0) is 16.0 Å². The van der Waals surface area contributed by atoms with Gasteiger partial charge in [0.15, 0.2) is 12.6 Å². The van der Waals surface area contributed by atoms with E-state index in [2.05, 4.69) is 27.3 Å². The summed E-state index contributed by atoms with van der Waals surface area (Å²) in [5.74, 6) is -0.0583. The van der Waals surface area contributed by atoms with Crippen LogP contribution in [0.5, 0.6) is 0 Å². The first kappa shape index (κ1) is 18.6. The second-order valence-electron chi connectivity index (χ2n) is 6.64. The summed E-state index contributed by atoms with van der Waals surface area (Å²) < 4.78 is 0.837. The van der Waals surface area contributed by atoms with Crippen molar-refractivity contribution in [3.05, 3.63) is 58.6 Å². The molecule has 0 radical (unpaired) electrons. The maximum Gasteiger partial charge on any atom is 0.284 e. The molecular formula is C20H23BrN3O2+. The highest BCUT2D eigenvalue weighted by Crippen LogP contribution is 2.27. The van der Waals surface area contributed by atoms with Crippen LogP contribution in [0.15, 0.2) is 53.0 Å². The molecule has 136 valence electrons. The molecule has 6 heteroatoms. The Morgan fingerprint density at radius 1 is 1.19 bits per heavy atom. The van der Waals surface area contributed by atoms with Crippen molar-refractivity contribution in [3.8, 4) is 0 Å². The number of benzene rings is 2. The van der Waals surface area contributed by atoms with Crippen molar-refractivity contribution in [2.24, 2.45) is 0 Å². The Bertz CT molecular complexity index is 824. The number of hydrogen-bond acceptors (Lipinski definition) is 2. The zero-order valence-electron chi connectivity index (χ0n) is 15.0. The zero-order valence-corrected chi connectivity index (χ0v) is 16.5. The number of nitrogens with zero attached hydrogens (tertiary/aromatic N) is 1. The van der Waals surface area contributed by atoms with Crippen molar-refractivity contribution in [2.45, 2.75) is 19.4 Å². The summed E-state index contributed by atoms with van der Waals surface area (Å²) in [6.45, 7) is 2.81. The van der Waals surface area contributed by atoms with Gasteiger partial charge in [-0.3, -0.25) is 9.59 Å². The number of para-hydroxylation sites is 2. The maximum atomic E-state index is 12.9. The van der Waals surface area contributed by atoms with Gasteiger partial charge in [-0.25, -0.2) is 0 Å². The number of quaternary nitrogens is 1. The molecule has 0 saturated carbocycles. The normalized spacial score (nSPS) is 15.3. The van der Waals surface area contributed by atoms with E-state index in [1.165, 1.54) is 5.56 Å². The third-order valence-electron chi connectivity index (χ3n) is 4.85. The van der Waals surface area contributed by atoms with Crippen LogP contribution >= 0.6 is 15.9 Å². The summed E-state index contributed by atoms with van der Waals surface area (Å²) in [7, 11) is 1.88. The number of likely N-dealkylation sites (N-methyl/N-ethyl adjacent to an activating group) is 1. The lowest BCUT2D eigenvalue weighted by molar-refractivity contribution is -0.885. The molecule has 1 unspecified atom stereocenters. The molecule has 0 fully saturated rings. The molecular weight excluding hydrogens is 394 g/mol. The second-order valence-corrected chi connectivity index (χ2v) is 7.50. The van der Waals surface area contributed by atoms with E-state index in [0.717, 1.165) is 27.2 Å². The lowest BCUT2D eigenvalue weighted by Crippen LogP contribution is -3.15. The molecule has 2 atom stereocenters. The minimum absolute atomic E-state index is 0.0566. The van der Waals surface area contributed by atoms with Gasteiger partial charge in [0.2, 0.25) is 0 Å². The molecule has 5 nitrogen and oxygen atoms in total. The minimum Gasteiger partial charge on any atom is -0.320 e. The van der Waals surface area contributed by atoms with Crippen molar-refractivity contribution < 1.29 is 14.5 Å². The van der Waals surface area contributed by atoms with Gasteiger partial charge < -0.3 is 15.1 Å². The molecule has 0 aromatic heterocycles. The lowest BCUT2D eigenvalue weighted by Gasteiger charge is -2.25. The number of rotatable bonds is 5. The van der Waals surface area contributed by atoms with Crippen molar-refractivity contribution in [3.63, 3.8) is 0 Å². The van der Waals surface area contributed by atoms with E-state index in [4.69, 9.17) is 0 Å². The van der Waals surface area contributed by atoms with Gasteiger partial charge in [0.05, 0.1) is 12.7 Å². The smallest absolute Gasteiger partial charge is 0.284 e. The fourth-order valence-corrected chi connectivity index (χ4v) is 3.56. The predicted molar refractivity (Wildman–Crippen MR) is 106 cm³/mol. The predicted octanol–water partition coefficient (Wildman–Crippen LogP) is 1.88. The Morgan fingerprint density at radius 2 is 1.88 bits per heavy atom. The standard InChI is InChI=1S/C20H22BrN3O2/c1-14(20(26)24-12-11-15-7-3-6-10-18(15)24)23(2)13-19(25)22-17-9-5-4-8-16(17)21/h3-10,14H,11-13H2,1-2H3,(H,22,25)/p+1/t14-/m1/s1. The largest absolute Gasteiger partial charge is 0.320 e. The molecule has 1 heterocycles. The Hall–Kier alpha value is -2.18. The van der Waals surface area contributed by atoms with Crippen LogP contribution in [0.3, 0.4) is 0 Å². The first-order valence-electron chi connectivity index (χ1n) is 8.73. The van der Waals surface area contributed by atoms with E-state index in [1.807, 2.05) is 61.3 Å². The average molecular weight is 417 g/mol. The zero-order chi connectivity index (χ0) is 18.7.